The maximum absolute atomic E-state index is 12.5. The minimum Gasteiger partial charge on any atom is -0.300 e. The van der Waals surface area contributed by atoms with E-state index in [1.165, 1.54) is 0 Å². The van der Waals surface area contributed by atoms with Crippen molar-refractivity contribution in [1.29, 1.82) is 0 Å². The Morgan fingerprint density at radius 3 is 2.57 bits per heavy atom. The van der Waals surface area contributed by atoms with E-state index in [4.69, 9.17) is 0 Å². The molecule has 0 aromatic rings. The van der Waals surface area contributed by atoms with Crippen molar-refractivity contribution in [1.82, 2.24) is 0 Å². The van der Waals surface area contributed by atoms with Crippen molar-refractivity contribution in [3.05, 3.63) is 0 Å². The van der Waals surface area contributed by atoms with Crippen molar-refractivity contribution in [2.45, 2.75) is 45.2 Å². The van der Waals surface area contributed by atoms with Crippen LogP contribution in [0.3, 0.4) is 0 Å². The van der Waals surface area contributed by atoms with Gasteiger partial charge in [-0.15, -0.1) is 0 Å². The first-order valence-electron chi connectivity index (χ1n) is 5.03. The number of hydrogen-bond donors (Lipinski definition) is 0. The van der Waals surface area contributed by atoms with E-state index in [9.17, 15) is 18.0 Å². The maximum atomic E-state index is 12.5. The molecule has 0 saturated heterocycles. The van der Waals surface area contributed by atoms with Crippen LogP contribution in [0.5, 0.6) is 0 Å². The van der Waals surface area contributed by atoms with Crippen LogP contribution < -0.4 is 0 Å². The summed E-state index contributed by atoms with van der Waals surface area (Å²) in [5, 5.41) is 0. The Balaban J connectivity index is 2.68. The number of alkyl halides is 3. The average Bonchev–Trinajstić information content (AvgIpc) is 2.07. The van der Waals surface area contributed by atoms with Gasteiger partial charge in [-0.25, -0.2) is 0 Å². The molecule has 1 aliphatic rings. The molecule has 0 amide bonds. The molecule has 0 heterocycles. The summed E-state index contributed by atoms with van der Waals surface area (Å²) >= 11 is 0. The van der Waals surface area contributed by atoms with Gasteiger partial charge in [0, 0.05) is 12.8 Å². The predicted molar refractivity (Wildman–Crippen MR) is 46.8 cm³/mol. The Morgan fingerprint density at radius 2 is 2.07 bits per heavy atom. The maximum Gasteiger partial charge on any atom is 0.392 e. The number of carbonyl (C=O) groups is 1. The Bertz CT molecular complexity index is 210. The van der Waals surface area contributed by atoms with Crippen LogP contribution in [0.1, 0.15) is 39.0 Å². The highest BCUT2D eigenvalue weighted by Crippen LogP contribution is 2.42. The van der Waals surface area contributed by atoms with Crippen molar-refractivity contribution in [2.75, 3.05) is 0 Å². The zero-order valence-corrected chi connectivity index (χ0v) is 8.23. The van der Waals surface area contributed by atoms with Crippen molar-refractivity contribution in [3.8, 4) is 0 Å². The normalized spacial score (nSPS) is 29.3. The summed E-state index contributed by atoms with van der Waals surface area (Å²) in [5.41, 5.74) is 0. The molecule has 0 radical (unpaired) electrons. The SMILES string of the molecule is CCCC1CCC(=O)CC1C(F)(F)F. The molecule has 0 aromatic heterocycles. The topological polar surface area (TPSA) is 17.1 Å². The highest BCUT2D eigenvalue weighted by atomic mass is 19.4. The predicted octanol–water partition coefficient (Wildman–Crippen LogP) is 3.33. The Hall–Kier alpha value is -0.540. The van der Waals surface area contributed by atoms with Gasteiger partial charge in [-0.05, 0) is 12.3 Å². The summed E-state index contributed by atoms with van der Waals surface area (Å²) in [4.78, 5) is 11.0. The Kier molecular flexibility index (Phi) is 3.56. The molecule has 2 unspecified atom stereocenters. The van der Waals surface area contributed by atoms with E-state index in [1.54, 1.807) is 0 Å². The fourth-order valence-electron chi connectivity index (χ4n) is 2.16. The van der Waals surface area contributed by atoms with Crippen LogP contribution in [0.2, 0.25) is 0 Å². The smallest absolute Gasteiger partial charge is 0.300 e. The van der Waals surface area contributed by atoms with Crippen LogP contribution in [0.15, 0.2) is 0 Å². The third-order valence-electron chi connectivity index (χ3n) is 2.89. The molecule has 1 rings (SSSR count). The molecule has 0 N–H and O–H groups in total. The fourth-order valence-corrected chi connectivity index (χ4v) is 2.16. The number of ketones is 1. The van der Waals surface area contributed by atoms with Crippen molar-refractivity contribution in [3.63, 3.8) is 0 Å². The number of halogens is 3. The highest BCUT2D eigenvalue weighted by molar-refractivity contribution is 5.79. The number of hydrogen-bond acceptors (Lipinski definition) is 1. The number of carbonyl (C=O) groups excluding carboxylic acids is 1. The van der Waals surface area contributed by atoms with Gasteiger partial charge in [0.2, 0.25) is 0 Å². The zero-order valence-electron chi connectivity index (χ0n) is 8.23. The van der Waals surface area contributed by atoms with Gasteiger partial charge in [0.1, 0.15) is 5.78 Å². The van der Waals surface area contributed by atoms with E-state index in [0.717, 1.165) is 6.42 Å². The summed E-state index contributed by atoms with van der Waals surface area (Å²) in [6.45, 7) is 1.88. The van der Waals surface area contributed by atoms with Crippen molar-refractivity contribution >= 4 is 5.78 Å². The molecule has 14 heavy (non-hydrogen) atoms. The van der Waals surface area contributed by atoms with Gasteiger partial charge in [-0.2, -0.15) is 13.2 Å². The van der Waals surface area contributed by atoms with E-state index >= 15 is 0 Å². The molecule has 1 saturated carbocycles. The lowest BCUT2D eigenvalue weighted by Crippen LogP contribution is -2.36. The van der Waals surface area contributed by atoms with Crippen LogP contribution in [0.4, 0.5) is 13.2 Å². The van der Waals surface area contributed by atoms with Crippen molar-refractivity contribution < 1.29 is 18.0 Å². The molecule has 0 aromatic carbocycles. The minimum atomic E-state index is -4.20. The Labute approximate surface area is 81.7 Å². The summed E-state index contributed by atoms with van der Waals surface area (Å²) in [5.74, 6) is -1.96. The number of Topliss-reactive ketones (excluding diaryl/α,β-unsaturated/α-hetero) is 1. The first-order chi connectivity index (χ1) is 6.45. The van der Waals surface area contributed by atoms with Gasteiger partial charge in [0.15, 0.2) is 0 Å². The van der Waals surface area contributed by atoms with E-state index in [1.807, 2.05) is 6.92 Å². The Morgan fingerprint density at radius 1 is 1.43 bits per heavy atom. The van der Waals surface area contributed by atoms with Gasteiger partial charge >= 0.3 is 6.18 Å². The first kappa shape index (κ1) is 11.5. The van der Waals surface area contributed by atoms with Crippen LogP contribution in [-0.2, 0) is 4.79 Å². The lowest BCUT2D eigenvalue weighted by atomic mass is 9.76. The molecular formula is C10H15F3O. The molecule has 82 valence electrons. The second-order valence-corrected chi connectivity index (χ2v) is 3.98. The quantitative estimate of drug-likeness (QED) is 0.680. The second-order valence-electron chi connectivity index (χ2n) is 3.98. The van der Waals surface area contributed by atoms with Gasteiger partial charge in [-0.3, -0.25) is 4.79 Å². The monoisotopic (exact) mass is 208 g/mol. The lowest BCUT2D eigenvalue weighted by molar-refractivity contribution is -0.197. The van der Waals surface area contributed by atoms with E-state index in [-0.39, 0.29) is 18.1 Å². The van der Waals surface area contributed by atoms with Crippen LogP contribution in [0.25, 0.3) is 0 Å². The largest absolute Gasteiger partial charge is 0.392 e. The summed E-state index contributed by atoms with van der Waals surface area (Å²) in [6, 6.07) is 0. The van der Waals surface area contributed by atoms with Crippen molar-refractivity contribution in [2.24, 2.45) is 11.8 Å². The molecule has 0 spiro atoms. The molecule has 1 nitrogen and oxygen atoms in total. The lowest BCUT2D eigenvalue weighted by Gasteiger charge is -2.32. The standard InChI is InChI=1S/C10H15F3O/c1-2-3-7-4-5-8(14)6-9(7)10(11,12)13/h7,9H,2-6H2,1H3. The second kappa shape index (κ2) is 4.32. The number of rotatable bonds is 2. The minimum absolute atomic E-state index is 0.236. The summed E-state index contributed by atoms with van der Waals surface area (Å²) in [7, 11) is 0. The summed E-state index contributed by atoms with van der Waals surface area (Å²) in [6.07, 6.45) is -2.42. The molecule has 0 bridgehead atoms. The zero-order chi connectivity index (χ0) is 10.8. The third-order valence-corrected chi connectivity index (χ3v) is 2.89. The van der Waals surface area contributed by atoms with Gasteiger partial charge < -0.3 is 0 Å². The van der Waals surface area contributed by atoms with Crippen LogP contribution in [0, 0.1) is 11.8 Å². The summed E-state index contributed by atoms with van der Waals surface area (Å²) < 4.78 is 37.6. The van der Waals surface area contributed by atoms with Crippen LogP contribution in [-0.4, -0.2) is 12.0 Å². The third kappa shape index (κ3) is 2.72. The van der Waals surface area contributed by atoms with E-state index < -0.39 is 12.1 Å². The van der Waals surface area contributed by atoms with Gasteiger partial charge in [-0.1, -0.05) is 19.8 Å². The molecule has 2 atom stereocenters. The molecule has 1 aliphatic carbocycles. The van der Waals surface area contributed by atoms with Gasteiger partial charge in [0.25, 0.3) is 0 Å². The molecule has 1 fully saturated rings. The van der Waals surface area contributed by atoms with E-state index in [2.05, 4.69) is 0 Å². The average molecular weight is 208 g/mol. The van der Waals surface area contributed by atoms with Crippen LogP contribution >= 0.6 is 0 Å². The molecular weight excluding hydrogens is 193 g/mol. The molecule has 4 heteroatoms. The van der Waals surface area contributed by atoms with E-state index in [0.29, 0.717) is 19.3 Å². The fraction of sp³-hybridized carbons (Fsp3) is 0.900. The van der Waals surface area contributed by atoms with Gasteiger partial charge in [0.05, 0.1) is 5.92 Å². The first-order valence-corrected chi connectivity index (χ1v) is 5.03. The molecule has 0 aliphatic heterocycles. The highest BCUT2D eigenvalue weighted by Gasteiger charge is 2.46.